The van der Waals surface area contributed by atoms with Crippen molar-refractivity contribution in [3.8, 4) is 5.88 Å². The first-order chi connectivity index (χ1) is 6.92. The molecule has 4 nitrogen and oxygen atoms in total. The molecule has 0 aromatic carbocycles. The van der Waals surface area contributed by atoms with E-state index < -0.39 is 0 Å². The van der Waals surface area contributed by atoms with Crippen molar-refractivity contribution in [2.45, 2.75) is 26.3 Å². The van der Waals surface area contributed by atoms with Crippen molar-refractivity contribution >= 4 is 0 Å². The number of aromatic nitrogens is 2. The maximum absolute atomic E-state index is 5.56. The van der Waals surface area contributed by atoms with E-state index in [-0.39, 0.29) is 0 Å². The highest BCUT2D eigenvalue weighted by molar-refractivity contribution is 5.31. The summed E-state index contributed by atoms with van der Waals surface area (Å²) < 4.78 is 5.56. The van der Waals surface area contributed by atoms with Gasteiger partial charge in [0, 0.05) is 25.1 Å². The van der Waals surface area contributed by atoms with E-state index in [1.807, 2.05) is 0 Å². The minimum absolute atomic E-state index is 0.726. The molecule has 1 aromatic heterocycles. The van der Waals surface area contributed by atoms with Crippen molar-refractivity contribution in [3.63, 3.8) is 0 Å². The predicted molar refractivity (Wildman–Crippen MR) is 53.2 cm³/mol. The number of nitrogens with zero attached hydrogens (tertiary/aromatic N) is 2. The maximum atomic E-state index is 5.56. The van der Waals surface area contributed by atoms with Crippen LogP contribution in [0.1, 0.15) is 24.6 Å². The molecule has 1 N–H and O–H groups in total. The van der Waals surface area contributed by atoms with E-state index in [2.05, 4.69) is 22.2 Å². The lowest BCUT2D eigenvalue weighted by molar-refractivity contribution is 0.298. The van der Waals surface area contributed by atoms with Gasteiger partial charge in [0.25, 0.3) is 0 Å². The standard InChI is InChI=1S/C10H15N3O/c1-2-5-14-10-8-6-11-4-3-9(8)12-7-13-10/h7,11H,2-6H2,1H3. The Morgan fingerprint density at radius 1 is 1.50 bits per heavy atom. The molecule has 0 unspecified atom stereocenters. The first kappa shape index (κ1) is 9.40. The number of rotatable bonds is 3. The highest BCUT2D eigenvalue weighted by Gasteiger charge is 2.15. The van der Waals surface area contributed by atoms with Gasteiger partial charge in [0.2, 0.25) is 5.88 Å². The molecule has 0 saturated carbocycles. The third-order valence-electron chi connectivity index (χ3n) is 2.28. The highest BCUT2D eigenvalue weighted by atomic mass is 16.5. The summed E-state index contributed by atoms with van der Waals surface area (Å²) >= 11 is 0. The molecular weight excluding hydrogens is 178 g/mol. The second-order valence-electron chi connectivity index (χ2n) is 3.38. The second-order valence-corrected chi connectivity index (χ2v) is 3.38. The van der Waals surface area contributed by atoms with Gasteiger partial charge in [-0.1, -0.05) is 6.92 Å². The molecule has 0 bridgehead atoms. The molecule has 1 aliphatic rings. The quantitative estimate of drug-likeness (QED) is 0.775. The molecule has 2 rings (SSSR count). The lowest BCUT2D eigenvalue weighted by Gasteiger charge is -2.18. The molecule has 1 aliphatic heterocycles. The van der Waals surface area contributed by atoms with E-state index in [9.17, 15) is 0 Å². The summed E-state index contributed by atoms with van der Waals surface area (Å²) in [6.45, 7) is 4.64. The van der Waals surface area contributed by atoms with Gasteiger partial charge >= 0.3 is 0 Å². The van der Waals surface area contributed by atoms with Crippen molar-refractivity contribution in [2.24, 2.45) is 0 Å². The minimum Gasteiger partial charge on any atom is -0.477 e. The number of nitrogens with one attached hydrogen (secondary N) is 1. The zero-order chi connectivity index (χ0) is 9.80. The van der Waals surface area contributed by atoms with Gasteiger partial charge in [0.05, 0.1) is 12.3 Å². The molecule has 0 aliphatic carbocycles. The molecule has 0 atom stereocenters. The van der Waals surface area contributed by atoms with Crippen LogP contribution in [0.15, 0.2) is 6.33 Å². The molecule has 2 heterocycles. The maximum Gasteiger partial charge on any atom is 0.221 e. The van der Waals surface area contributed by atoms with E-state index in [1.54, 1.807) is 6.33 Å². The Morgan fingerprint density at radius 3 is 3.29 bits per heavy atom. The second kappa shape index (κ2) is 4.37. The van der Waals surface area contributed by atoms with Crippen molar-refractivity contribution < 1.29 is 4.74 Å². The largest absolute Gasteiger partial charge is 0.477 e. The first-order valence-corrected chi connectivity index (χ1v) is 5.08. The molecule has 4 heteroatoms. The van der Waals surface area contributed by atoms with E-state index in [0.717, 1.165) is 49.7 Å². The Bertz CT molecular complexity index is 314. The Hall–Kier alpha value is -1.16. The fourth-order valence-electron chi connectivity index (χ4n) is 1.57. The highest BCUT2D eigenvalue weighted by Crippen LogP contribution is 2.20. The average molecular weight is 193 g/mol. The summed E-state index contributed by atoms with van der Waals surface area (Å²) in [4.78, 5) is 8.41. The topological polar surface area (TPSA) is 47.0 Å². The average Bonchev–Trinajstić information content (AvgIpc) is 2.26. The normalized spacial score (nSPS) is 14.9. The zero-order valence-corrected chi connectivity index (χ0v) is 8.42. The molecule has 0 radical (unpaired) electrons. The summed E-state index contributed by atoms with van der Waals surface area (Å²) in [6.07, 6.45) is 3.57. The smallest absolute Gasteiger partial charge is 0.221 e. The van der Waals surface area contributed by atoms with Crippen molar-refractivity contribution in [2.75, 3.05) is 13.2 Å². The predicted octanol–water partition coefficient (Wildman–Crippen LogP) is 0.911. The third kappa shape index (κ3) is 1.85. The number of fused-ring (bicyclic) bond motifs is 1. The van der Waals surface area contributed by atoms with E-state index in [0.29, 0.717) is 0 Å². The van der Waals surface area contributed by atoms with Gasteiger partial charge in [-0.3, -0.25) is 0 Å². The van der Waals surface area contributed by atoms with E-state index >= 15 is 0 Å². The monoisotopic (exact) mass is 193 g/mol. The van der Waals surface area contributed by atoms with E-state index in [4.69, 9.17) is 4.74 Å². The van der Waals surface area contributed by atoms with Gasteiger partial charge in [0.15, 0.2) is 0 Å². The summed E-state index contributed by atoms with van der Waals surface area (Å²) in [7, 11) is 0. The molecule has 0 fully saturated rings. The summed E-state index contributed by atoms with van der Waals surface area (Å²) in [5.41, 5.74) is 2.26. The number of ether oxygens (including phenoxy) is 1. The zero-order valence-electron chi connectivity index (χ0n) is 8.42. The van der Waals surface area contributed by atoms with Crippen molar-refractivity contribution in [1.82, 2.24) is 15.3 Å². The van der Waals surface area contributed by atoms with Gasteiger partial charge < -0.3 is 10.1 Å². The molecule has 76 valence electrons. The molecule has 0 spiro atoms. The van der Waals surface area contributed by atoms with Crippen LogP contribution in [0.25, 0.3) is 0 Å². The molecule has 0 amide bonds. The summed E-state index contributed by atoms with van der Waals surface area (Å²) in [5.74, 6) is 0.754. The Labute approximate surface area is 83.7 Å². The first-order valence-electron chi connectivity index (χ1n) is 5.08. The van der Waals surface area contributed by atoms with Crippen LogP contribution >= 0.6 is 0 Å². The van der Waals surface area contributed by atoms with Gasteiger partial charge in [0.1, 0.15) is 6.33 Å². The molecular formula is C10H15N3O. The van der Waals surface area contributed by atoms with E-state index in [1.165, 1.54) is 0 Å². The van der Waals surface area contributed by atoms with Crippen LogP contribution in [-0.2, 0) is 13.0 Å². The van der Waals surface area contributed by atoms with Gasteiger partial charge in [-0.05, 0) is 6.42 Å². The lowest BCUT2D eigenvalue weighted by Crippen LogP contribution is -2.25. The molecule has 0 saturated heterocycles. The van der Waals surface area contributed by atoms with Gasteiger partial charge in [-0.15, -0.1) is 0 Å². The summed E-state index contributed by atoms with van der Waals surface area (Å²) in [6, 6.07) is 0. The third-order valence-corrected chi connectivity index (χ3v) is 2.28. The van der Waals surface area contributed by atoms with Gasteiger partial charge in [-0.25, -0.2) is 9.97 Å². The van der Waals surface area contributed by atoms with Crippen LogP contribution in [0.4, 0.5) is 0 Å². The van der Waals surface area contributed by atoms with Crippen LogP contribution in [0, 0.1) is 0 Å². The SMILES string of the molecule is CCCOc1ncnc2c1CNCC2. The van der Waals surface area contributed by atoms with Crippen molar-refractivity contribution in [3.05, 3.63) is 17.6 Å². The fourth-order valence-corrected chi connectivity index (χ4v) is 1.57. The number of hydrogen-bond acceptors (Lipinski definition) is 4. The molecule has 14 heavy (non-hydrogen) atoms. The fraction of sp³-hybridized carbons (Fsp3) is 0.600. The van der Waals surface area contributed by atoms with Crippen LogP contribution in [-0.4, -0.2) is 23.1 Å². The molecule has 1 aromatic rings. The van der Waals surface area contributed by atoms with Gasteiger partial charge in [-0.2, -0.15) is 0 Å². The Balaban J connectivity index is 2.21. The van der Waals surface area contributed by atoms with Crippen LogP contribution in [0.3, 0.4) is 0 Å². The van der Waals surface area contributed by atoms with Crippen LogP contribution in [0.5, 0.6) is 5.88 Å². The Morgan fingerprint density at radius 2 is 2.43 bits per heavy atom. The Kier molecular flexibility index (Phi) is 2.93. The van der Waals surface area contributed by atoms with Crippen LogP contribution < -0.4 is 10.1 Å². The van der Waals surface area contributed by atoms with Crippen LogP contribution in [0.2, 0.25) is 0 Å². The minimum atomic E-state index is 0.726. The lowest BCUT2D eigenvalue weighted by atomic mass is 10.1. The summed E-state index contributed by atoms with van der Waals surface area (Å²) in [5, 5.41) is 3.30. The van der Waals surface area contributed by atoms with Crippen molar-refractivity contribution in [1.29, 1.82) is 0 Å². The number of hydrogen-bond donors (Lipinski definition) is 1.